The SMILES string of the molecule is CC(C)(C)OC(=O)N1CCC[C@@H](n2nc(C(=O)Nc3nc4ccc(Br)cc4o3)c3c(N)nccc32)C1. The highest BCUT2D eigenvalue weighted by Gasteiger charge is 2.31. The molecule has 0 unspecified atom stereocenters. The number of ether oxygens (including phenoxy) is 1. The summed E-state index contributed by atoms with van der Waals surface area (Å²) in [7, 11) is 0. The van der Waals surface area contributed by atoms with Gasteiger partial charge in [-0.2, -0.15) is 10.1 Å². The molecule has 36 heavy (non-hydrogen) atoms. The number of carbonyl (C=O) groups excluding carboxylic acids is 2. The van der Waals surface area contributed by atoms with Crippen LogP contribution >= 0.6 is 15.9 Å². The molecule has 4 heterocycles. The second-order valence-corrected chi connectivity index (χ2v) is 10.6. The molecule has 1 aliphatic heterocycles. The minimum Gasteiger partial charge on any atom is -0.444 e. The van der Waals surface area contributed by atoms with E-state index in [9.17, 15) is 9.59 Å². The van der Waals surface area contributed by atoms with Crippen LogP contribution in [-0.2, 0) is 4.74 Å². The maximum atomic E-state index is 13.3. The molecule has 188 valence electrons. The van der Waals surface area contributed by atoms with Gasteiger partial charge < -0.3 is 19.8 Å². The molecule has 0 bridgehead atoms. The number of oxazole rings is 1. The highest BCUT2D eigenvalue weighted by atomic mass is 79.9. The van der Waals surface area contributed by atoms with E-state index in [2.05, 4.69) is 36.3 Å². The fraction of sp³-hybridized carbons (Fsp3) is 0.375. The monoisotopic (exact) mass is 555 g/mol. The van der Waals surface area contributed by atoms with Crippen molar-refractivity contribution in [3.63, 3.8) is 0 Å². The van der Waals surface area contributed by atoms with Crippen molar-refractivity contribution in [1.82, 2.24) is 24.6 Å². The zero-order valence-corrected chi connectivity index (χ0v) is 21.7. The summed E-state index contributed by atoms with van der Waals surface area (Å²) in [5.41, 5.74) is 7.49. The number of likely N-dealkylation sites (tertiary alicyclic amines) is 1. The highest BCUT2D eigenvalue weighted by Crippen LogP contribution is 2.31. The largest absolute Gasteiger partial charge is 0.444 e. The van der Waals surface area contributed by atoms with E-state index >= 15 is 0 Å². The molecule has 1 saturated heterocycles. The summed E-state index contributed by atoms with van der Waals surface area (Å²) in [5.74, 6) is -0.339. The summed E-state index contributed by atoms with van der Waals surface area (Å²) < 4.78 is 13.8. The van der Waals surface area contributed by atoms with Crippen LogP contribution in [0, 0.1) is 0 Å². The van der Waals surface area contributed by atoms with Gasteiger partial charge in [0, 0.05) is 23.8 Å². The molecule has 1 aromatic carbocycles. The van der Waals surface area contributed by atoms with E-state index in [1.807, 2.05) is 26.8 Å². The molecule has 12 heteroatoms. The first-order valence-corrected chi connectivity index (χ1v) is 12.4. The molecule has 1 atom stereocenters. The minimum absolute atomic E-state index is 0.0482. The first-order valence-electron chi connectivity index (χ1n) is 11.6. The quantitative estimate of drug-likeness (QED) is 0.369. The van der Waals surface area contributed by atoms with Gasteiger partial charge in [-0.15, -0.1) is 0 Å². The molecule has 1 fully saturated rings. The topological polar surface area (TPSA) is 141 Å². The van der Waals surface area contributed by atoms with Crippen molar-refractivity contribution in [1.29, 1.82) is 0 Å². The van der Waals surface area contributed by atoms with Gasteiger partial charge in [-0.25, -0.2) is 9.78 Å². The van der Waals surface area contributed by atoms with Crippen molar-refractivity contribution in [2.45, 2.75) is 45.3 Å². The molecule has 4 aromatic rings. The van der Waals surface area contributed by atoms with Crippen molar-refractivity contribution >= 4 is 61.8 Å². The maximum absolute atomic E-state index is 13.3. The maximum Gasteiger partial charge on any atom is 0.410 e. The summed E-state index contributed by atoms with van der Waals surface area (Å²) in [5, 5.41) is 7.75. The van der Waals surface area contributed by atoms with Gasteiger partial charge in [0.25, 0.3) is 5.91 Å². The Hall–Kier alpha value is -3.67. The third kappa shape index (κ3) is 4.72. The van der Waals surface area contributed by atoms with E-state index in [1.165, 1.54) is 0 Å². The lowest BCUT2D eigenvalue weighted by atomic mass is 10.1. The van der Waals surface area contributed by atoms with Crippen LogP contribution < -0.4 is 11.1 Å². The number of piperidine rings is 1. The minimum atomic E-state index is -0.589. The van der Waals surface area contributed by atoms with Crippen LogP contribution in [-0.4, -0.2) is 55.3 Å². The number of anilines is 2. The van der Waals surface area contributed by atoms with E-state index in [1.54, 1.807) is 34.0 Å². The third-order valence-electron chi connectivity index (χ3n) is 5.83. The highest BCUT2D eigenvalue weighted by molar-refractivity contribution is 9.10. The number of benzene rings is 1. The average molecular weight is 556 g/mol. The van der Waals surface area contributed by atoms with Crippen LogP contribution in [0.3, 0.4) is 0 Å². The standard InChI is InChI=1S/C24H26BrN7O4/c1-24(2,3)36-23(34)31-10-4-5-14(12-31)32-16-8-9-27-20(26)18(16)19(30-32)21(33)29-22-28-15-7-6-13(25)11-17(15)35-22/h6-9,11,14H,4-5,10,12H2,1-3H3,(H2,26,27)(H,28,29,33)/t14-/m1/s1. The number of nitrogens with two attached hydrogens (primary N) is 1. The Balaban J connectivity index is 1.45. The van der Waals surface area contributed by atoms with E-state index < -0.39 is 11.5 Å². The van der Waals surface area contributed by atoms with Crippen molar-refractivity contribution in [3.05, 3.63) is 40.6 Å². The molecule has 0 aliphatic carbocycles. The van der Waals surface area contributed by atoms with Gasteiger partial charge in [-0.05, 0) is 57.9 Å². The molecular weight excluding hydrogens is 530 g/mol. The molecule has 11 nitrogen and oxygen atoms in total. The normalized spacial score (nSPS) is 16.4. The molecule has 1 aliphatic rings. The van der Waals surface area contributed by atoms with Gasteiger partial charge in [-0.3, -0.25) is 14.8 Å². The first kappa shape index (κ1) is 24.0. The predicted molar refractivity (Wildman–Crippen MR) is 138 cm³/mol. The van der Waals surface area contributed by atoms with E-state index in [-0.39, 0.29) is 29.7 Å². The Morgan fingerprint density at radius 1 is 1.28 bits per heavy atom. The van der Waals surface area contributed by atoms with Crippen LogP contribution in [0.25, 0.3) is 22.0 Å². The zero-order valence-electron chi connectivity index (χ0n) is 20.1. The van der Waals surface area contributed by atoms with Crippen LogP contribution in [0.15, 0.2) is 39.4 Å². The Morgan fingerprint density at radius 2 is 2.08 bits per heavy atom. The smallest absolute Gasteiger partial charge is 0.410 e. The molecule has 5 rings (SSSR count). The number of nitrogen functional groups attached to an aromatic ring is 1. The molecule has 0 saturated carbocycles. The Morgan fingerprint density at radius 3 is 2.86 bits per heavy atom. The predicted octanol–water partition coefficient (Wildman–Crippen LogP) is 4.74. The van der Waals surface area contributed by atoms with Gasteiger partial charge in [0.15, 0.2) is 11.3 Å². The summed E-state index contributed by atoms with van der Waals surface area (Å²) in [6.45, 7) is 6.50. The second-order valence-electron chi connectivity index (χ2n) is 9.69. The van der Waals surface area contributed by atoms with Crippen LogP contribution in [0.4, 0.5) is 16.6 Å². The van der Waals surface area contributed by atoms with Crippen LogP contribution in [0.2, 0.25) is 0 Å². The fourth-order valence-electron chi connectivity index (χ4n) is 4.30. The fourth-order valence-corrected chi connectivity index (χ4v) is 4.64. The Kier molecular flexibility index (Phi) is 6.07. The summed E-state index contributed by atoms with van der Waals surface area (Å²) in [6.07, 6.45) is 2.75. The van der Waals surface area contributed by atoms with E-state index in [0.29, 0.717) is 35.1 Å². The molecule has 3 N–H and O–H groups in total. The Labute approximate surface area is 215 Å². The van der Waals surface area contributed by atoms with Crippen molar-refractivity contribution in [2.24, 2.45) is 0 Å². The number of nitrogens with one attached hydrogen (secondary N) is 1. The number of pyridine rings is 1. The third-order valence-corrected chi connectivity index (χ3v) is 6.32. The number of nitrogens with zero attached hydrogens (tertiary/aromatic N) is 5. The van der Waals surface area contributed by atoms with Crippen molar-refractivity contribution < 1.29 is 18.7 Å². The molecular formula is C24H26BrN7O4. The lowest BCUT2D eigenvalue weighted by Gasteiger charge is -2.34. The van der Waals surface area contributed by atoms with Gasteiger partial charge in [0.1, 0.15) is 16.9 Å². The van der Waals surface area contributed by atoms with Gasteiger partial charge in [0.05, 0.1) is 16.9 Å². The van der Waals surface area contributed by atoms with Crippen molar-refractivity contribution in [3.8, 4) is 0 Å². The van der Waals surface area contributed by atoms with Crippen LogP contribution in [0.5, 0.6) is 0 Å². The first-order chi connectivity index (χ1) is 17.1. The van der Waals surface area contributed by atoms with E-state index in [0.717, 1.165) is 17.3 Å². The van der Waals surface area contributed by atoms with Gasteiger partial charge >= 0.3 is 12.1 Å². The van der Waals surface area contributed by atoms with Crippen molar-refractivity contribution in [2.75, 3.05) is 24.1 Å². The molecule has 2 amide bonds. The lowest BCUT2D eigenvalue weighted by Crippen LogP contribution is -2.43. The number of hydrogen-bond acceptors (Lipinski definition) is 8. The number of rotatable bonds is 3. The van der Waals surface area contributed by atoms with Crippen LogP contribution in [0.1, 0.15) is 50.1 Å². The summed E-state index contributed by atoms with van der Waals surface area (Å²) >= 11 is 3.39. The molecule has 0 radical (unpaired) electrons. The number of hydrogen-bond donors (Lipinski definition) is 2. The molecule has 0 spiro atoms. The number of fused-ring (bicyclic) bond motifs is 2. The Bertz CT molecular complexity index is 1470. The number of carbonyl (C=O) groups is 2. The van der Waals surface area contributed by atoms with E-state index in [4.69, 9.17) is 14.9 Å². The lowest BCUT2D eigenvalue weighted by molar-refractivity contribution is 0.0169. The zero-order chi connectivity index (χ0) is 25.6. The van der Waals surface area contributed by atoms with Gasteiger partial charge in [0.2, 0.25) is 0 Å². The summed E-state index contributed by atoms with van der Waals surface area (Å²) in [6, 6.07) is 7.03. The summed E-state index contributed by atoms with van der Waals surface area (Å²) in [4.78, 5) is 36.1. The van der Waals surface area contributed by atoms with Gasteiger partial charge in [-0.1, -0.05) is 15.9 Å². The average Bonchev–Trinajstić information content (AvgIpc) is 3.39. The second kappa shape index (κ2) is 9.08. The number of amides is 2. The molecule has 3 aromatic heterocycles. The number of aromatic nitrogens is 4. The number of halogens is 1.